The zero-order valence-electron chi connectivity index (χ0n) is 16.1. The molecule has 1 aliphatic heterocycles. The number of anilines is 1. The van der Waals surface area contributed by atoms with E-state index in [1.54, 1.807) is 24.3 Å². The van der Waals surface area contributed by atoms with Crippen molar-refractivity contribution >= 4 is 40.5 Å². The number of benzene rings is 2. The summed E-state index contributed by atoms with van der Waals surface area (Å²) in [4.78, 5) is 25.9. The molecule has 0 bridgehead atoms. The predicted molar refractivity (Wildman–Crippen MR) is 113 cm³/mol. The summed E-state index contributed by atoms with van der Waals surface area (Å²) in [6.07, 6.45) is 0. The van der Waals surface area contributed by atoms with E-state index in [0.717, 1.165) is 5.56 Å². The van der Waals surface area contributed by atoms with Crippen LogP contribution < -0.4 is 10.2 Å². The molecule has 3 rings (SSSR count). The molecule has 0 unspecified atom stereocenters. The van der Waals surface area contributed by atoms with Gasteiger partial charge >= 0.3 is 0 Å². The highest BCUT2D eigenvalue weighted by atomic mass is 35.5. The zero-order chi connectivity index (χ0) is 21.2. The Hall–Kier alpha value is -2.35. The van der Waals surface area contributed by atoms with Gasteiger partial charge in [0.15, 0.2) is 0 Å². The fraction of sp³-hybridized carbons (Fsp3) is 0.350. The number of nitrogens with one attached hydrogen (secondary N) is 1. The maximum Gasteiger partial charge on any atom is 0.270 e. The van der Waals surface area contributed by atoms with Crippen molar-refractivity contribution in [1.29, 1.82) is 0 Å². The van der Waals surface area contributed by atoms with Crippen LogP contribution in [0.1, 0.15) is 29.8 Å². The van der Waals surface area contributed by atoms with E-state index in [1.165, 1.54) is 12.1 Å². The third-order valence-electron chi connectivity index (χ3n) is 4.85. The molecule has 0 atom stereocenters. The highest BCUT2D eigenvalue weighted by molar-refractivity contribution is 6.42. The highest BCUT2D eigenvalue weighted by Crippen LogP contribution is 2.31. The predicted octanol–water partition coefficient (Wildman–Crippen LogP) is 4.40. The van der Waals surface area contributed by atoms with Gasteiger partial charge in [0.05, 0.1) is 45.0 Å². The van der Waals surface area contributed by atoms with E-state index in [1.807, 2.05) is 18.7 Å². The number of carbonyl (C=O) groups is 1. The van der Waals surface area contributed by atoms with Gasteiger partial charge in [-0.15, -0.1) is 0 Å². The largest absolute Gasteiger partial charge is 0.378 e. The van der Waals surface area contributed by atoms with Crippen LogP contribution in [0.15, 0.2) is 36.4 Å². The Balaban J connectivity index is 1.94. The van der Waals surface area contributed by atoms with E-state index in [-0.39, 0.29) is 11.3 Å². The van der Waals surface area contributed by atoms with E-state index in [9.17, 15) is 14.9 Å². The summed E-state index contributed by atoms with van der Waals surface area (Å²) in [6, 6.07) is 9.48. The second-order valence-corrected chi connectivity index (χ2v) is 8.08. The Morgan fingerprint density at radius 1 is 1.14 bits per heavy atom. The Morgan fingerprint density at radius 2 is 1.83 bits per heavy atom. The van der Waals surface area contributed by atoms with Gasteiger partial charge < -0.3 is 15.0 Å². The Morgan fingerprint density at radius 3 is 2.45 bits per heavy atom. The molecule has 9 heteroatoms. The number of non-ortho nitro benzene ring substituents is 1. The molecule has 154 valence electrons. The molecular weight excluding hydrogens is 417 g/mol. The van der Waals surface area contributed by atoms with Crippen LogP contribution in [0.4, 0.5) is 11.4 Å². The third-order valence-corrected chi connectivity index (χ3v) is 5.59. The van der Waals surface area contributed by atoms with Gasteiger partial charge in [-0.05, 0) is 37.6 Å². The lowest BCUT2D eigenvalue weighted by Gasteiger charge is -2.32. The van der Waals surface area contributed by atoms with Gasteiger partial charge in [-0.3, -0.25) is 14.9 Å². The molecule has 1 heterocycles. The van der Waals surface area contributed by atoms with Crippen LogP contribution >= 0.6 is 23.2 Å². The van der Waals surface area contributed by atoms with Crippen LogP contribution in [0.5, 0.6) is 0 Å². The van der Waals surface area contributed by atoms with E-state index in [0.29, 0.717) is 42.0 Å². The third kappa shape index (κ3) is 4.80. The number of carbonyl (C=O) groups excluding carboxylic acids is 1. The van der Waals surface area contributed by atoms with Gasteiger partial charge in [-0.1, -0.05) is 29.3 Å². The van der Waals surface area contributed by atoms with E-state index < -0.39 is 16.4 Å². The van der Waals surface area contributed by atoms with Crippen LogP contribution in [0.3, 0.4) is 0 Å². The molecule has 1 amide bonds. The smallest absolute Gasteiger partial charge is 0.270 e. The molecular formula is C20H21Cl2N3O4. The average molecular weight is 438 g/mol. The summed E-state index contributed by atoms with van der Waals surface area (Å²) < 4.78 is 5.37. The van der Waals surface area contributed by atoms with Gasteiger partial charge in [0.25, 0.3) is 11.6 Å². The maximum absolute atomic E-state index is 13.2. The Kier molecular flexibility index (Phi) is 6.31. The van der Waals surface area contributed by atoms with Gasteiger partial charge in [0.2, 0.25) is 0 Å². The molecule has 2 aromatic carbocycles. The SMILES string of the molecule is CC(C)(NC(=O)c1cc([N+](=O)[O-])ccc1N1CCOCC1)c1ccc(Cl)c(Cl)c1. The fourth-order valence-corrected chi connectivity index (χ4v) is 3.51. The molecule has 0 aromatic heterocycles. The first-order valence-electron chi connectivity index (χ1n) is 9.08. The number of rotatable bonds is 5. The number of nitro groups is 1. The number of halogens is 2. The molecule has 0 radical (unpaired) electrons. The molecule has 1 N–H and O–H groups in total. The van der Waals surface area contributed by atoms with Crippen molar-refractivity contribution in [3.8, 4) is 0 Å². The second-order valence-electron chi connectivity index (χ2n) is 7.27. The number of hydrogen-bond acceptors (Lipinski definition) is 5. The standard InChI is InChI=1S/C20H21Cl2N3O4/c1-20(2,13-3-5-16(21)17(22)11-13)23-19(26)15-12-14(25(27)28)4-6-18(15)24-7-9-29-10-8-24/h3-6,11-12H,7-10H2,1-2H3,(H,23,26). The summed E-state index contributed by atoms with van der Waals surface area (Å²) in [5.41, 5.74) is 0.728. The lowest BCUT2D eigenvalue weighted by atomic mass is 9.93. The van der Waals surface area contributed by atoms with Crippen molar-refractivity contribution < 1.29 is 14.5 Å². The molecule has 29 heavy (non-hydrogen) atoms. The quantitative estimate of drug-likeness (QED) is 0.553. The van der Waals surface area contributed by atoms with E-state index >= 15 is 0 Å². The lowest BCUT2D eigenvalue weighted by molar-refractivity contribution is -0.384. The second kappa shape index (κ2) is 8.57. The van der Waals surface area contributed by atoms with Crippen LogP contribution in [-0.2, 0) is 10.3 Å². The summed E-state index contributed by atoms with van der Waals surface area (Å²) in [6.45, 7) is 5.94. The number of nitrogens with zero attached hydrogens (tertiary/aromatic N) is 2. The average Bonchev–Trinajstić information content (AvgIpc) is 2.69. The lowest BCUT2D eigenvalue weighted by Crippen LogP contribution is -2.42. The minimum absolute atomic E-state index is 0.139. The molecule has 0 spiro atoms. The number of ether oxygens (including phenoxy) is 1. The van der Waals surface area contributed by atoms with Crippen LogP contribution in [0, 0.1) is 10.1 Å². The van der Waals surface area contributed by atoms with Gasteiger partial charge in [0, 0.05) is 25.2 Å². The number of nitro benzene ring substituents is 1. The van der Waals surface area contributed by atoms with Gasteiger partial charge in [-0.2, -0.15) is 0 Å². The van der Waals surface area contributed by atoms with Crippen molar-refractivity contribution in [2.75, 3.05) is 31.2 Å². The molecule has 2 aromatic rings. The van der Waals surface area contributed by atoms with Crippen molar-refractivity contribution in [3.05, 3.63) is 67.7 Å². The first kappa shape index (κ1) is 21.4. The number of morpholine rings is 1. The normalized spacial score (nSPS) is 14.6. The van der Waals surface area contributed by atoms with Crippen LogP contribution in [0.25, 0.3) is 0 Å². The van der Waals surface area contributed by atoms with Gasteiger partial charge in [-0.25, -0.2) is 0 Å². The maximum atomic E-state index is 13.2. The van der Waals surface area contributed by atoms with Crippen LogP contribution in [0.2, 0.25) is 10.0 Å². The Bertz CT molecular complexity index is 943. The minimum Gasteiger partial charge on any atom is -0.378 e. The van der Waals surface area contributed by atoms with Crippen molar-refractivity contribution in [3.63, 3.8) is 0 Å². The van der Waals surface area contributed by atoms with E-state index in [2.05, 4.69) is 5.32 Å². The first-order chi connectivity index (χ1) is 13.7. The zero-order valence-corrected chi connectivity index (χ0v) is 17.6. The summed E-state index contributed by atoms with van der Waals surface area (Å²) in [5.74, 6) is -0.411. The summed E-state index contributed by atoms with van der Waals surface area (Å²) in [7, 11) is 0. The highest BCUT2D eigenvalue weighted by Gasteiger charge is 2.28. The molecule has 7 nitrogen and oxygen atoms in total. The Labute approximate surface area is 178 Å². The fourth-order valence-electron chi connectivity index (χ4n) is 3.21. The van der Waals surface area contributed by atoms with Crippen molar-refractivity contribution in [2.45, 2.75) is 19.4 Å². The molecule has 1 saturated heterocycles. The monoisotopic (exact) mass is 437 g/mol. The van der Waals surface area contributed by atoms with Crippen molar-refractivity contribution in [2.24, 2.45) is 0 Å². The molecule has 1 fully saturated rings. The van der Waals surface area contributed by atoms with E-state index in [4.69, 9.17) is 27.9 Å². The van der Waals surface area contributed by atoms with Crippen molar-refractivity contribution in [1.82, 2.24) is 5.32 Å². The minimum atomic E-state index is -0.780. The summed E-state index contributed by atoms with van der Waals surface area (Å²) in [5, 5.41) is 15.0. The number of amides is 1. The topological polar surface area (TPSA) is 84.7 Å². The molecule has 0 aliphatic carbocycles. The summed E-state index contributed by atoms with van der Waals surface area (Å²) >= 11 is 12.1. The molecule has 1 aliphatic rings. The van der Waals surface area contributed by atoms with Gasteiger partial charge in [0.1, 0.15) is 0 Å². The first-order valence-corrected chi connectivity index (χ1v) is 9.84. The number of hydrogen-bond donors (Lipinski definition) is 1. The van der Waals surface area contributed by atoms with Crippen LogP contribution in [-0.4, -0.2) is 37.1 Å². The molecule has 0 saturated carbocycles.